The van der Waals surface area contributed by atoms with E-state index in [1.807, 2.05) is 0 Å². The Hall–Kier alpha value is -1.64. The van der Waals surface area contributed by atoms with Gasteiger partial charge in [0.25, 0.3) is 0 Å². The van der Waals surface area contributed by atoms with Crippen LogP contribution < -0.4 is 5.32 Å². The van der Waals surface area contributed by atoms with E-state index in [0.717, 1.165) is 25.9 Å². The Morgan fingerprint density at radius 1 is 0.864 bits per heavy atom. The third-order valence-corrected chi connectivity index (χ3v) is 5.80. The van der Waals surface area contributed by atoms with Crippen LogP contribution in [0.5, 0.6) is 0 Å². The standard InChI is InChI=1S/C20H23NO/c22-19-11-12-20(15-7-3-1-4-8-15,16-9-5-2-6-10-16)18-14-21-13-17(18)19/h1-10,17-19,21-22H,11-14H2/t17-,18+,19+/m0/s1. The van der Waals surface area contributed by atoms with Crippen LogP contribution in [-0.2, 0) is 5.41 Å². The number of hydrogen-bond donors (Lipinski definition) is 2. The summed E-state index contributed by atoms with van der Waals surface area (Å²) < 4.78 is 0. The molecule has 0 radical (unpaired) electrons. The highest BCUT2D eigenvalue weighted by molar-refractivity contribution is 5.42. The van der Waals surface area contributed by atoms with Gasteiger partial charge in [0.15, 0.2) is 0 Å². The first-order valence-corrected chi connectivity index (χ1v) is 8.32. The first-order chi connectivity index (χ1) is 10.8. The molecule has 2 nitrogen and oxygen atoms in total. The fraction of sp³-hybridized carbons (Fsp3) is 0.400. The minimum atomic E-state index is -0.166. The van der Waals surface area contributed by atoms with Crippen molar-refractivity contribution in [1.82, 2.24) is 5.32 Å². The summed E-state index contributed by atoms with van der Waals surface area (Å²) in [5.74, 6) is 0.815. The molecule has 1 aliphatic carbocycles. The van der Waals surface area contributed by atoms with Crippen LogP contribution in [0.1, 0.15) is 24.0 Å². The Kier molecular flexibility index (Phi) is 3.51. The second-order valence-electron chi connectivity index (χ2n) is 6.74. The molecule has 2 aromatic carbocycles. The lowest BCUT2D eigenvalue weighted by Gasteiger charge is -2.48. The predicted octanol–water partition coefficient (Wildman–Crippen LogP) is 2.96. The summed E-state index contributed by atoms with van der Waals surface area (Å²) in [5, 5.41) is 14.0. The molecule has 2 N–H and O–H groups in total. The van der Waals surface area contributed by atoms with Gasteiger partial charge in [-0.15, -0.1) is 0 Å². The fourth-order valence-electron chi connectivity index (χ4n) is 4.77. The van der Waals surface area contributed by atoms with Crippen molar-refractivity contribution >= 4 is 0 Å². The van der Waals surface area contributed by atoms with Crippen LogP contribution in [0.25, 0.3) is 0 Å². The van der Waals surface area contributed by atoms with Gasteiger partial charge in [0.05, 0.1) is 6.10 Å². The average molecular weight is 293 g/mol. The largest absolute Gasteiger partial charge is 0.393 e. The number of fused-ring (bicyclic) bond motifs is 1. The van der Waals surface area contributed by atoms with E-state index in [1.54, 1.807) is 0 Å². The van der Waals surface area contributed by atoms with E-state index in [4.69, 9.17) is 0 Å². The highest BCUT2D eigenvalue weighted by Gasteiger charge is 2.52. The van der Waals surface area contributed by atoms with Crippen molar-refractivity contribution in [3.8, 4) is 0 Å². The second kappa shape index (κ2) is 5.53. The van der Waals surface area contributed by atoms with Gasteiger partial charge in [0.1, 0.15) is 0 Å². The summed E-state index contributed by atoms with van der Waals surface area (Å²) in [6, 6.07) is 21.8. The molecule has 2 heteroatoms. The molecule has 4 rings (SSSR count). The van der Waals surface area contributed by atoms with Crippen LogP contribution in [0.4, 0.5) is 0 Å². The van der Waals surface area contributed by atoms with E-state index < -0.39 is 0 Å². The maximum atomic E-state index is 10.5. The lowest BCUT2D eigenvalue weighted by molar-refractivity contribution is 0.0238. The molecule has 114 valence electrons. The molecule has 0 spiro atoms. The normalized spacial score (nSPS) is 30.0. The molecule has 1 aliphatic heterocycles. The molecule has 1 saturated carbocycles. The summed E-state index contributed by atoms with van der Waals surface area (Å²) in [7, 11) is 0. The van der Waals surface area contributed by atoms with Crippen molar-refractivity contribution < 1.29 is 5.11 Å². The van der Waals surface area contributed by atoms with Gasteiger partial charge in [0, 0.05) is 17.9 Å². The van der Waals surface area contributed by atoms with Crippen LogP contribution in [0.2, 0.25) is 0 Å². The van der Waals surface area contributed by atoms with E-state index in [9.17, 15) is 5.11 Å². The maximum absolute atomic E-state index is 10.5. The molecule has 1 heterocycles. The Balaban J connectivity index is 1.90. The number of hydrogen-bond acceptors (Lipinski definition) is 2. The zero-order chi connectivity index (χ0) is 15.0. The molecule has 1 saturated heterocycles. The van der Waals surface area contributed by atoms with Crippen LogP contribution in [0.3, 0.4) is 0 Å². The monoisotopic (exact) mass is 293 g/mol. The zero-order valence-corrected chi connectivity index (χ0v) is 12.8. The van der Waals surface area contributed by atoms with Crippen LogP contribution in [-0.4, -0.2) is 24.3 Å². The minimum absolute atomic E-state index is 0.0237. The van der Waals surface area contributed by atoms with Gasteiger partial charge in [-0.2, -0.15) is 0 Å². The highest BCUT2D eigenvalue weighted by Crippen LogP contribution is 2.51. The molecule has 2 fully saturated rings. The fourth-order valence-corrected chi connectivity index (χ4v) is 4.77. The maximum Gasteiger partial charge on any atom is 0.0584 e. The first-order valence-electron chi connectivity index (χ1n) is 8.32. The minimum Gasteiger partial charge on any atom is -0.393 e. The Bertz CT molecular complexity index is 585. The van der Waals surface area contributed by atoms with Gasteiger partial charge in [-0.25, -0.2) is 0 Å². The smallest absolute Gasteiger partial charge is 0.0584 e. The molecule has 3 atom stereocenters. The summed E-state index contributed by atoms with van der Waals surface area (Å²) in [6.07, 6.45) is 1.73. The zero-order valence-electron chi connectivity index (χ0n) is 12.8. The van der Waals surface area contributed by atoms with Gasteiger partial charge < -0.3 is 10.4 Å². The van der Waals surface area contributed by atoms with Crippen molar-refractivity contribution in [2.24, 2.45) is 11.8 Å². The third kappa shape index (κ3) is 2.02. The van der Waals surface area contributed by atoms with Gasteiger partial charge in [-0.3, -0.25) is 0 Å². The van der Waals surface area contributed by atoms with Crippen LogP contribution in [0.15, 0.2) is 60.7 Å². The predicted molar refractivity (Wildman–Crippen MR) is 88.8 cm³/mol. The van der Waals surface area contributed by atoms with Gasteiger partial charge >= 0.3 is 0 Å². The summed E-state index contributed by atoms with van der Waals surface area (Å²) in [6.45, 7) is 1.93. The summed E-state index contributed by atoms with van der Waals surface area (Å²) >= 11 is 0. The summed E-state index contributed by atoms with van der Waals surface area (Å²) in [5.41, 5.74) is 2.81. The van der Waals surface area contributed by atoms with Gasteiger partial charge in [-0.05, 0) is 36.4 Å². The SMILES string of the molecule is O[C@@H]1CCC(c2ccccc2)(c2ccccc2)[C@@H]2CNC[C@H]12. The second-order valence-corrected chi connectivity index (χ2v) is 6.74. The van der Waals surface area contributed by atoms with E-state index in [-0.39, 0.29) is 11.5 Å². The molecular formula is C20H23NO. The van der Waals surface area contributed by atoms with Crippen LogP contribution in [0, 0.1) is 11.8 Å². The third-order valence-electron chi connectivity index (χ3n) is 5.80. The Labute approximate surface area is 132 Å². The van der Waals surface area contributed by atoms with E-state index >= 15 is 0 Å². The van der Waals surface area contributed by atoms with E-state index in [0.29, 0.717) is 11.8 Å². The van der Waals surface area contributed by atoms with E-state index in [2.05, 4.69) is 66.0 Å². The molecule has 22 heavy (non-hydrogen) atoms. The van der Waals surface area contributed by atoms with Crippen molar-refractivity contribution in [2.75, 3.05) is 13.1 Å². The molecule has 0 unspecified atom stereocenters. The molecule has 2 aromatic rings. The number of aliphatic hydroxyl groups is 1. The first kappa shape index (κ1) is 14.0. The average Bonchev–Trinajstić information content (AvgIpc) is 3.08. The number of benzene rings is 2. The van der Waals surface area contributed by atoms with Crippen molar-refractivity contribution in [3.63, 3.8) is 0 Å². The van der Waals surface area contributed by atoms with Crippen molar-refractivity contribution in [1.29, 1.82) is 0 Å². The quantitative estimate of drug-likeness (QED) is 0.892. The molecule has 0 amide bonds. The lowest BCUT2D eigenvalue weighted by Crippen LogP contribution is -2.48. The Morgan fingerprint density at radius 3 is 2.05 bits per heavy atom. The lowest BCUT2D eigenvalue weighted by atomic mass is 9.56. The number of nitrogens with one attached hydrogen (secondary N) is 1. The molecule has 0 bridgehead atoms. The molecule has 0 aromatic heterocycles. The van der Waals surface area contributed by atoms with Crippen LogP contribution >= 0.6 is 0 Å². The molecular weight excluding hydrogens is 270 g/mol. The van der Waals surface area contributed by atoms with Crippen molar-refractivity contribution in [3.05, 3.63) is 71.8 Å². The van der Waals surface area contributed by atoms with Crippen molar-refractivity contribution in [2.45, 2.75) is 24.4 Å². The number of rotatable bonds is 2. The topological polar surface area (TPSA) is 32.3 Å². The highest BCUT2D eigenvalue weighted by atomic mass is 16.3. The molecule has 2 aliphatic rings. The van der Waals surface area contributed by atoms with Gasteiger partial charge in [0.2, 0.25) is 0 Å². The Morgan fingerprint density at radius 2 is 1.45 bits per heavy atom. The van der Waals surface area contributed by atoms with Gasteiger partial charge in [-0.1, -0.05) is 60.7 Å². The summed E-state index contributed by atoms with van der Waals surface area (Å²) in [4.78, 5) is 0. The number of aliphatic hydroxyl groups excluding tert-OH is 1. The van der Waals surface area contributed by atoms with E-state index in [1.165, 1.54) is 11.1 Å².